The van der Waals surface area contributed by atoms with Crippen LogP contribution >= 0.6 is 0 Å². The van der Waals surface area contributed by atoms with Crippen molar-refractivity contribution in [3.63, 3.8) is 0 Å². The molecule has 2 N–H and O–H groups in total. The molecule has 0 bridgehead atoms. The van der Waals surface area contributed by atoms with E-state index in [1.165, 1.54) is 0 Å². The van der Waals surface area contributed by atoms with Gasteiger partial charge in [-0.15, -0.1) is 0 Å². The Morgan fingerprint density at radius 2 is 2.14 bits per heavy atom. The van der Waals surface area contributed by atoms with Crippen molar-refractivity contribution in [1.82, 2.24) is 10.2 Å². The number of aliphatic carboxylic acids is 1. The zero-order valence-corrected chi connectivity index (χ0v) is 13.0. The summed E-state index contributed by atoms with van der Waals surface area (Å²) in [4.78, 5) is 24.6. The molecule has 2 aliphatic rings. The van der Waals surface area contributed by atoms with Crippen LogP contribution in [0.2, 0.25) is 0 Å². The Hall–Kier alpha value is -1.31. The van der Waals surface area contributed by atoms with E-state index in [1.807, 2.05) is 0 Å². The van der Waals surface area contributed by atoms with Gasteiger partial charge in [0.15, 0.2) is 9.84 Å². The number of hydrogen-bond acceptors (Lipinski definition) is 4. The molecule has 0 aromatic carbocycles. The number of piperidine rings is 1. The number of likely N-dealkylation sites (tertiary alicyclic amines) is 1. The first-order valence-corrected chi connectivity index (χ1v) is 9.01. The number of carboxylic acid groups (broad SMARTS) is 1. The molecule has 0 spiro atoms. The molecule has 2 heterocycles. The molecule has 2 unspecified atom stereocenters. The number of carbonyl (C=O) groups excluding carboxylic acids is 1. The van der Waals surface area contributed by atoms with E-state index in [2.05, 4.69) is 5.32 Å². The number of sulfone groups is 1. The molecular formula is C13H22N2O5S. The summed E-state index contributed by atoms with van der Waals surface area (Å²) in [6.07, 6.45) is 2.07. The number of hydrogen-bond donors (Lipinski definition) is 2. The van der Waals surface area contributed by atoms with Crippen LogP contribution < -0.4 is 5.32 Å². The second-order valence-electron chi connectivity index (χ2n) is 6.38. The maximum absolute atomic E-state index is 12.3. The third kappa shape index (κ3) is 4.33. The van der Waals surface area contributed by atoms with Crippen molar-refractivity contribution in [3.05, 3.63) is 0 Å². The lowest BCUT2D eigenvalue weighted by Gasteiger charge is -2.35. The highest BCUT2D eigenvalue weighted by molar-refractivity contribution is 7.91. The molecular weight excluding hydrogens is 296 g/mol. The topological polar surface area (TPSA) is 104 Å². The maximum Gasteiger partial charge on any atom is 0.317 e. The van der Waals surface area contributed by atoms with Crippen molar-refractivity contribution in [2.75, 3.05) is 24.6 Å². The van der Waals surface area contributed by atoms with Crippen LogP contribution in [0.4, 0.5) is 4.79 Å². The molecule has 21 heavy (non-hydrogen) atoms. The Balaban J connectivity index is 1.92. The lowest BCUT2D eigenvalue weighted by atomic mass is 9.95. The minimum absolute atomic E-state index is 0.0258. The number of carboxylic acids is 1. The molecule has 0 radical (unpaired) electrons. The highest BCUT2D eigenvalue weighted by atomic mass is 32.2. The van der Waals surface area contributed by atoms with Gasteiger partial charge in [0.1, 0.15) is 0 Å². The fourth-order valence-electron chi connectivity index (χ4n) is 3.11. The van der Waals surface area contributed by atoms with E-state index in [1.54, 1.807) is 11.8 Å². The molecule has 0 saturated carbocycles. The van der Waals surface area contributed by atoms with E-state index in [0.29, 0.717) is 19.5 Å². The molecule has 0 aliphatic carbocycles. The minimum Gasteiger partial charge on any atom is -0.481 e. The molecule has 8 heteroatoms. The van der Waals surface area contributed by atoms with E-state index in [4.69, 9.17) is 5.11 Å². The smallest absolute Gasteiger partial charge is 0.317 e. The van der Waals surface area contributed by atoms with Crippen LogP contribution in [0, 0.1) is 5.92 Å². The van der Waals surface area contributed by atoms with Gasteiger partial charge in [0.2, 0.25) is 0 Å². The Bertz CT molecular complexity index is 533. The number of carbonyl (C=O) groups is 2. The van der Waals surface area contributed by atoms with Gasteiger partial charge < -0.3 is 15.3 Å². The van der Waals surface area contributed by atoms with Crippen molar-refractivity contribution in [2.24, 2.45) is 5.92 Å². The van der Waals surface area contributed by atoms with Gasteiger partial charge in [-0.3, -0.25) is 4.79 Å². The summed E-state index contributed by atoms with van der Waals surface area (Å²) in [7, 11) is -3.07. The fraction of sp³-hybridized carbons (Fsp3) is 0.846. The molecule has 0 aromatic rings. The van der Waals surface area contributed by atoms with Crippen molar-refractivity contribution in [1.29, 1.82) is 0 Å². The molecule has 2 amide bonds. The van der Waals surface area contributed by atoms with Crippen LogP contribution in [0.1, 0.15) is 32.6 Å². The molecule has 2 atom stereocenters. The van der Waals surface area contributed by atoms with Crippen LogP contribution in [-0.2, 0) is 14.6 Å². The van der Waals surface area contributed by atoms with E-state index in [-0.39, 0.29) is 29.9 Å². The quantitative estimate of drug-likeness (QED) is 0.787. The predicted octanol–water partition coefficient (Wildman–Crippen LogP) is 0.460. The molecule has 0 aromatic heterocycles. The van der Waals surface area contributed by atoms with Gasteiger partial charge in [0.05, 0.1) is 17.0 Å². The third-order valence-corrected chi connectivity index (χ3v) is 6.08. The summed E-state index contributed by atoms with van der Waals surface area (Å²) >= 11 is 0. The van der Waals surface area contributed by atoms with Gasteiger partial charge in [-0.05, 0) is 32.1 Å². The van der Waals surface area contributed by atoms with Gasteiger partial charge in [-0.25, -0.2) is 13.2 Å². The molecule has 2 aliphatic heterocycles. The van der Waals surface area contributed by atoms with Crippen LogP contribution in [0.5, 0.6) is 0 Å². The number of urea groups is 1. The second kappa shape index (κ2) is 5.82. The van der Waals surface area contributed by atoms with Crippen LogP contribution in [-0.4, -0.2) is 60.6 Å². The van der Waals surface area contributed by atoms with E-state index in [0.717, 1.165) is 12.8 Å². The average Bonchev–Trinajstić information content (AvgIpc) is 2.62. The molecule has 2 rings (SSSR count). The van der Waals surface area contributed by atoms with E-state index >= 15 is 0 Å². The summed E-state index contributed by atoms with van der Waals surface area (Å²) < 4.78 is 23.1. The Morgan fingerprint density at radius 3 is 2.71 bits per heavy atom. The molecule has 2 fully saturated rings. The lowest BCUT2D eigenvalue weighted by Crippen LogP contribution is -2.54. The van der Waals surface area contributed by atoms with Crippen molar-refractivity contribution in [2.45, 2.75) is 38.1 Å². The first kappa shape index (κ1) is 16.1. The number of rotatable bonds is 3. The van der Waals surface area contributed by atoms with E-state index < -0.39 is 21.3 Å². The highest BCUT2D eigenvalue weighted by Gasteiger charge is 2.40. The first-order valence-electron chi connectivity index (χ1n) is 7.18. The Kier molecular flexibility index (Phi) is 4.46. The molecule has 2 saturated heterocycles. The molecule has 120 valence electrons. The maximum atomic E-state index is 12.3. The Morgan fingerprint density at radius 1 is 1.43 bits per heavy atom. The van der Waals surface area contributed by atoms with E-state index in [9.17, 15) is 18.0 Å². The summed E-state index contributed by atoms with van der Waals surface area (Å²) in [6, 6.07) is -0.287. The number of nitrogens with one attached hydrogen (secondary N) is 1. The van der Waals surface area contributed by atoms with Gasteiger partial charge >= 0.3 is 12.0 Å². The zero-order chi connectivity index (χ0) is 15.7. The van der Waals surface area contributed by atoms with Crippen LogP contribution in [0.25, 0.3) is 0 Å². The summed E-state index contributed by atoms with van der Waals surface area (Å²) in [5, 5.41) is 11.6. The summed E-state index contributed by atoms with van der Waals surface area (Å²) in [6.45, 7) is 2.75. The zero-order valence-electron chi connectivity index (χ0n) is 12.2. The lowest BCUT2D eigenvalue weighted by molar-refractivity contribution is -0.138. The van der Waals surface area contributed by atoms with Crippen molar-refractivity contribution < 1.29 is 23.1 Å². The van der Waals surface area contributed by atoms with Gasteiger partial charge in [0.25, 0.3) is 0 Å². The van der Waals surface area contributed by atoms with Crippen molar-refractivity contribution in [3.8, 4) is 0 Å². The van der Waals surface area contributed by atoms with Crippen molar-refractivity contribution >= 4 is 21.8 Å². The minimum atomic E-state index is -3.07. The van der Waals surface area contributed by atoms with Gasteiger partial charge in [-0.2, -0.15) is 0 Å². The van der Waals surface area contributed by atoms with Crippen LogP contribution in [0.15, 0.2) is 0 Å². The number of amides is 2. The average molecular weight is 318 g/mol. The monoisotopic (exact) mass is 318 g/mol. The highest BCUT2D eigenvalue weighted by Crippen LogP contribution is 2.24. The first-order chi connectivity index (χ1) is 9.69. The summed E-state index contributed by atoms with van der Waals surface area (Å²) in [5.41, 5.74) is -0.713. The van der Waals surface area contributed by atoms with Crippen LogP contribution in [0.3, 0.4) is 0 Å². The second-order valence-corrected chi connectivity index (χ2v) is 8.57. The Labute approximate surface area is 124 Å². The predicted molar refractivity (Wildman–Crippen MR) is 76.8 cm³/mol. The largest absolute Gasteiger partial charge is 0.481 e. The normalized spacial score (nSPS) is 31.9. The number of nitrogens with zero attached hydrogens (tertiary/aromatic N) is 1. The standard InChI is InChI=1S/C13H22N2O5S/c1-13(4-6-21(19,20)9-13)14-12(18)15-5-2-3-10(8-15)7-11(16)17/h10H,2-9H2,1H3,(H,14,18)(H,16,17). The van der Waals surface area contributed by atoms with Gasteiger partial charge in [-0.1, -0.05) is 0 Å². The summed E-state index contributed by atoms with van der Waals surface area (Å²) in [5.74, 6) is -0.804. The third-order valence-electron chi connectivity index (χ3n) is 4.18. The molecule has 7 nitrogen and oxygen atoms in total. The SMILES string of the molecule is CC1(NC(=O)N2CCCC(CC(=O)O)C2)CCS(=O)(=O)C1. The fourth-order valence-corrected chi connectivity index (χ4v) is 5.20. The van der Waals surface area contributed by atoms with Gasteiger partial charge in [0, 0.05) is 19.5 Å².